The van der Waals surface area contributed by atoms with Crippen molar-refractivity contribution in [2.24, 2.45) is 0 Å². The molecule has 1 N–H and O–H groups in total. The van der Waals surface area contributed by atoms with Crippen LogP contribution < -0.4 is 5.32 Å². The molecule has 1 heterocycles. The summed E-state index contributed by atoms with van der Waals surface area (Å²) in [4.78, 5) is 5.89. The van der Waals surface area contributed by atoms with Crippen LogP contribution in [0, 0.1) is 0 Å². The van der Waals surface area contributed by atoms with Gasteiger partial charge in [-0.15, -0.1) is 11.3 Å². The van der Waals surface area contributed by atoms with Crippen LogP contribution in [0.1, 0.15) is 88.1 Å². The summed E-state index contributed by atoms with van der Waals surface area (Å²) in [5, 5.41) is 4.83. The van der Waals surface area contributed by atoms with Crippen molar-refractivity contribution in [3.8, 4) is 0 Å². The minimum atomic E-state index is 0.407. The Bertz CT molecular complexity index is 335. The summed E-state index contributed by atoms with van der Waals surface area (Å²) in [6.07, 6.45) is 14.2. The second-order valence-electron chi connectivity index (χ2n) is 5.67. The SMILES string of the molecule is CCCCCCCCCCNC(C)c1ncc(CC)s1. The highest BCUT2D eigenvalue weighted by Crippen LogP contribution is 2.20. The summed E-state index contributed by atoms with van der Waals surface area (Å²) in [6, 6.07) is 0.407. The van der Waals surface area contributed by atoms with Gasteiger partial charge in [-0.2, -0.15) is 0 Å². The maximum atomic E-state index is 4.50. The first-order valence-electron chi connectivity index (χ1n) is 8.45. The number of aryl methyl sites for hydroxylation is 1. The van der Waals surface area contributed by atoms with Crippen molar-refractivity contribution in [2.75, 3.05) is 6.54 Å². The fourth-order valence-corrected chi connectivity index (χ4v) is 3.23. The van der Waals surface area contributed by atoms with Crippen LogP contribution in [-0.4, -0.2) is 11.5 Å². The first-order chi connectivity index (χ1) is 9.77. The summed E-state index contributed by atoms with van der Waals surface area (Å²) >= 11 is 1.85. The van der Waals surface area contributed by atoms with E-state index in [-0.39, 0.29) is 0 Å². The largest absolute Gasteiger partial charge is 0.308 e. The number of rotatable bonds is 12. The molecule has 0 aliphatic carbocycles. The summed E-state index contributed by atoms with van der Waals surface area (Å²) in [6.45, 7) is 7.81. The van der Waals surface area contributed by atoms with Crippen LogP contribution in [0.15, 0.2) is 6.20 Å². The Morgan fingerprint density at radius 3 is 2.30 bits per heavy atom. The molecule has 0 aliphatic rings. The number of nitrogens with zero attached hydrogens (tertiary/aromatic N) is 1. The molecule has 0 bridgehead atoms. The van der Waals surface area contributed by atoms with E-state index in [2.05, 4.69) is 31.1 Å². The standard InChI is InChI=1S/C17H32N2S/c1-4-6-7-8-9-10-11-12-13-18-15(3)17-19-14-16(5-2)20-17/h14-15,18H,4-13H2,1-3H3. The van der Waals surface area contributed by atoms with E-state index in [0.29, 0.717) is 6.04 Å². The van der Waals surface area contributed by atoms with Crippen LogP contribution in [0.3, 0.4) is 0 Å². The van der Waals surface area contributed by atoms with Gasteiger partial charge in [0.1, 0.15) is 5.01 Å². The topological polar surface area (TPSA) is 24.9 Å². The van der Waals surface area contributed by atoms with Gasteiger partial charge in [-0.25, -0.2) is 4.98 Å². The number of thiazole rings is 1. The van der Waals surface area contributed by atoms with Crippen molar-refractivity contribution in [1.82, 2.24) is 10.3 Å². The lowest BCUT2D eigenvalue weighted by molar-refractivity contribution is 0.520. The maximum Gasteiger partial charge on any atom is 0.109 e. The van der Waals surface area contributed by atoms with E-state index >= 15 is 0 Å². The minimum absolute atomic E-state index is 0.407. The third kappa shape index (κ3) is 7.39. The van der Waals surface area contributed by atoms with Crippen molar-refractivity contribution < 1.29 is 0 Å². The molecule has 1 rings (SSSR count). The van der Waals surface area contributed by atoms with Crippen LogP contribution in [0.4, 0.5) is 0 Å². The Balaban J connectivity index is 1.98. The fraction of sp³-hybridized carbons (Fsp3) is 0.824. The highest BCUT2D eigenvalue weighted by atomic mass is 32.1. The predicted molar refractivity (Wildman–Crippen MR) is 90.5 cm³/mol. The van der Waals surface area contributed by atoms with E-state index in [1.54, 1.807) is 0 Å². The van der Waals surface area contributed by atoms with Crippen LogP contribution >= 0.6 is 11.3 Å². The Labute approximate surface area is 129 Å². The molecule has 1 aromatic heterocycles. The molecule has 116 valence electrons. The van der Waals surface area contributed by atoms with Crippen LogP contribution in [-0.2, 0) is 6.42 Å². The molecule has 0 radical (unpaired) electrons. The number of nitrogens with one attached hydrogen (secondary N) is 1. The van der Waals surface area contributed by atoms with Gasteiger partial charge < -0.3 is 5.32 Å². The Morgan fingerprint density at radius 2 is 1.70 bits per heavy atom. The molecule has 2 nitrogen and oxygen atoms in total. The van der Waals surface area contributed by atoms with Crippen molar-refractivity contribution in [3.05, 3.63) is 16.1 Å². The molecule has 1 unspecified atom stereocenters. The summed E-state index contributed by atoms with van der Waals surface area (Å²) in [5.41, 5.74) is 0. The summed E-state index contributed by atoms with van der Waals surface area (Å²) in [7, 11) is 0. The van der Waals surface area contributed by atoms with E-state index in [4.69, 9.17) is 0 Å². The van der Waals surface area contributed by atoms with Gasteiger partial charge in [-0.05, 0) is 26.3 Å². The molecule has 0 spiro atoms. The molecule has 0 saturated heterocycles. The van der Waals surface area contributed by atoms with Gasteiger partial charge in [-0.1, -0.05) is 58.8 Å². The van der Waals surface area contributed by atoms with Crippen molar-refractivity contribution >= 4 is 11.3 Å². The van der Waals surface area contributed by atoms with Gasteiger partial charge in [0.2, 0.25) is 0 Å². The molecule has 0 saturated carbocycles. The second-order valence-corrected chi connectivity index (χ2v) is 6.82. The first-order valence-corrected chi connectivity index (χ1v) is 9.27. The summed E-state index contributed by atoms with van der Waals surface area (Å²) in [5.74, 6) is 0. The van der Waals surface area contributed by atoms with Gasteiger partial charge in [0, 0.05) is 11.1 Å². The third-order valence-corrected chi connectivity index (χ3v) is 5.10. The van der Waals surface area contributed by atoms with E-state index in [1.165, 1.54) is 61.3 Å². The van der Waals surface area contributed by atoms with Crippen molar-refractivity contribution in [3.63, 3.8) is 0 Å². The van der Waals surface area contributed by atoms with Crippen molar-refractivity contribution in [1.29, 1.82) is 0 Å². The fourth-order valence-electron chi connectivity index (χ4n) is 2.35. The number of hydrogen-bond donors (Lipinski definition) is 1. The molecule has 1 aromatic rings. The molecule has 3 heteroatoms. The zero-order chi connectivity index (χ0) is 14.6. The first kappa shape index (κ1) is 17.6. The van der Waals surface area contributed by atoms with Gasteiger partial charge in [-0.3, -0.25) is 0 Å². The van der Waals surface area contributed by atoms with Crippen molar-refractivity contribution in [2.45, 2.75) is 84.6 Å². The molecular formula is C17H32N2S. The smallest absolute Gasteiger partial charge is 0.109 e. The lowest BCUT2D eigenvalue weighted by Gasteiger charge is -2.10. The van der Waals surface area contributed by atoms with Gasteiger partial charge >= 0.3 is 0 Å². The maximum absolute atomic E-state index is 4.50. The Morgan fingerprint density at radius 1 is 1.05 bits per heavy atom. The molecule has 0 amide bonds. The number of unbranched alkanes of at least 4 members (excludes halogenated alkanes) is 7. The molecule has 0 aromatic carbocycles. The Kier molecular flexibility index (Phi) is 9.94. The lowest BCUT2D eigenvalue weighted by Crippen LogP contribution is -2.19. The van der Waals surface area contributed by atoms with E-state index in [1.807, 2.05) is 17.5 Å². The molecule has 1 atom stereocenters. The normalized spacial score (nSPS) is 12.8. The minimum Gasteiger partial charge on any atom is -0.308 e. The Hall–Kier alpha value is -0.410. The molecule has 0 fully saturated rings. The van der Waals surface area contributed by atoms with Crippen LogP contribution in [0.2, 0.25) is 0 Å². The highest BCUT2D eigenvalue weighted by molar-refractivity contribution is 7.11. The zero-order valence-electron chi connectivity index (χ0n) is 13.6. The average molecular weight is 297 g/mol. The second kappa shape index (κ2) is 11.3. The van der Waals surface area contributed by atoms with Gasteiger partial charge in [0.05, 0.1) is 6.04 Å². The number of aromatic nitrogens is 1. The highest BCUT2D eigenvalue weighted by Gasteiger charge is 2.08. The van der Waals surface area contributed by atoms with E-state index in [9.17, 15) is 0 Å². The molecular weight excluding hydrogens is 264 g/mol. The molecule has 0 aliphatic heterocycles. The van der Waals surface area contributed by atoms with Gasteiger partial charge in [0.25, 0.3) is 0 Å². The average Bonchev–Trinajstić information content (AvgIpc) is 2.94. The third-order valence-electron chi connectivity index (χ3n) is 3.77. The van der Waals surface area contributed by atoms with E-state index in [0.717, 1.165) is 13.0 Å². The summed E-state index contributed by atoms with van der Waals surface area (Å²) < 4.78 is 0. The van der Waals surface area contributed by atoms with E-state index < -0.39 is 0 Å². The predicted octanol–water partition coefficient (Wildman–Crippen LogP) is 5.50. The monoisotopic (exact) mass is 296 g/mol. The van der Waals surface area contributed by atoms with Crippen LogP contribution in [0.5, 0.6) is 0 Å². The quantitative estimate of drug-likeness (QED) is 0.515. The zero-order valence-corrected chi connectivity index (χ0v) is 14.4. The lowest BCUT2D eigenvalue weighted by atomic mass is 10.1. The number of hydrogen-bond acceptors (Lipinski definition) is 3. The molecule has 20 heavy (non-hydrogen) atoms. The van der Waals surface area contributed by atoms with Crippen LogP contribution in [0.25, 0.3) is 0 Å². The van der Waals surface area contributed by atoms with Gasteiger partial charge in [0.15, 0.2) is 0 Å².